The molecule has 0 amide bonds. The molecule has 0 heterocycles. The van der Waals surface area contributed by atoms with Gasteiger partial charge >= 0.3 is 0 Å². The van der Waals surface area contributed by atoms with Gasteiger partial charge in [-0.3, -0.25) is 0 Å². The van der Waals surface area contributed by atoms with Gasteiger partial charge in [0.2, 0.25) is 0 Å². The van der Waals surface area contributed by atoms with Crippen LogP contribution in [-0.4, -0.2) is 35.8 Å². The molecule has 0 aliphatic carbocycles. The van der Waals surface area contributed by atoms with Gasteiger partial charge in [0, 0.05) is 33.4 Å². The normalized spacial score (nSPS) is 14.5. The minimum Gasteiger partial charge on any atom is -0.493 e. The van der Waals surface area contributed by atoms with Gasteiger partial charge in [-0.25, -0.2) is 0 Å². The van der Waals surface area contributed by atoms with Crippen LogP contribution in [0.15, 0.2) is 103 Å². The zero-order chi connectivity index (χ0) is 41.7. The van der Waals surface area contributed by atoms with E-state index in [0.717, 1.165) is 53.2 Å². The Balaban J connectivity index is 1.89. The maximum atomic E-state index is 6.37. The summed E-state index contributed by atoms with van der Waals surface area (Å²) >= 11 is 0. The molecule has 9 nitrogen and oxygen atoms in total. The third kappa shape index (κ3) is 17.9. The molecule has 0 fully saturated rings. The fourth-order valence-corrected chi connectivity index (χ4v) is 7.03. The molecule has 0 N–H and O–H groups in total. The molecule has 0 saturated heterocycles. The summed E-state index contributed by atoms with van der Waals surface area (Å²) < 4.78 is 19.1. The second-order valence-electron chi connectivity index (χ2n) is 15.5. The SMILES string of the molecule is CCCCC(CC)COc1ccccc1CN=NC(CC[Si])(N=NCc1ccccc1OCC(CC)CCCC)N=NCc1ccccc1OCC(CC)CCCC. The maximum Gasteiger partial charge on any atom is 0.298 e. The molecule has 0 aromatic heterocycles. The van der Waals surface area contributed by atoms with E-state index < -0.39 is 5.79 Å². The Morgan fingerprint density at radius 3 is 1.07 bits per heavy atom. The van der Waals surface area contributed by atoms with Gasteiger partial charge in [-0.05, 0) is 55.2 Å². The molecule has 3 unspecified atom stereocenters. The van der Waals surface area contributed by atoms with E-state index in [0.29, 0.717) is 69.7 Å². The van der Waals surface area contributed by atoms with Crippen LogP contribution in [0.2, 0.25) is 6.04 Å². The van der Waals surface area contributed by atoms with Gasteiger partial charge in [0.1, 0.15) is 17.2 Å². The number of nitrogens with zero attached hydrogens (tertiary/aromatic N) is 6. The summed E-state index contributed by atoms with van der Waals surface area (Å²) in [6, 6.07) is 24.8. The van der Waals surface area contributed by atoms with Gasteiger partial charge in [-0.1, -0.05) is 160 Å². The molecule has 317 valence electrons. The van der Waals surface area contributed by atoms with Crippen molar-refractivity contribution in [1.29, 1.82) is 0 Å². The van der Waals surface area contributed by atoms with Crippen LogP contribution >= 0.6 is 0 Å². The molecule has 0 aliphatic rings. The topological polar surface area (TPSA) is 102 Å². The lowest BCUT2D eigenvalue weighted by molar-refractivity contribution is 0.231. The first-order chi connectivity index (χ1) is 28.4. The van der Waals surface area contributed by atoms with E-state index in [4.69, 9.17) is 44.9 Å². The van der Waals surface area contributed by atoms with Crippen LogP contribution in [0.3, 0.4) is 0 Å². The highest BCUT2D eigenvalue weighted by molar-refractivity contribution is 6.08. The van der Waals surface area contributed by atoms with Crippen molar-refractivity contribution in [2.24, 2.45) is 48.4 Å². The van der Waals surface area contributed by atoms with E-state index in [1.807, 2.05) is 72.8 Å². The fourth-order valence-electron chi connectivity index (χ4n) is 6.70. The summed E-state index contributed by atoms with van der Waals surface area (Å²) in [7, 11) is 3.70. The molecule has 3 rings (SSSR count). The zero-order valence-corrected chi connectivity index (χ0v) is 37.7. The van der Waals surface area contributed by atoms with Crippen molar-refractivity contribution in [3.8, 4) is 17.2 Å². The molecule has 3 aromatic rings. The quantitative estimate of drug-likeness (QED) is 0.0463. The standard InChI is InChI=1S/C48H73N6O3Si/c1-7-13-22-39(10-4)36-55-45-28-19-16-25-42(45)33-49-52-48(31-32-58,53-50-34-43-26-17-20-29-46(43)56-37-40(11-5)23-14-8-2)54-51-35-44-27-18-21-30-47(44)57-38-41(12-6)24-15-9-3/h16-21,25-30,39-41H,7-15,22-24,31-38H2,1-6H3. The highest BCUT2D eigenvalue weighted by Gasteiger charge is 2.29. The van der Waals surface area contributed by atoms with Crippen molar-refractivity contribution in [3.05, 3.63) is 89.5 Å². The van der Waals surface area contributed by atoms with Gasteiger partial charge < -0.3 is 14.2 Å². The first-order valence-corrected chi connectivity index (χ1v) is 23.1. The summed E-state index contributed by atoms with van der Waals surface area (Å²) in [4.78, 5) is 0. The van der Waals surface area contributed by atoms with Crippen LogP contribution < -0.4 is 14.2 Å². The summed E-state index contributed by atoms with van der Waals surface area (Å²) in [6.07, 6.45) is 14.4. The van der Waals surface area contributed by atoms with Crippen LogP contribution in [0.1, 0.15) is 142 Å². The van der Waals surface area contributed by atoms with Crippen LogP contribution in [0, 0.1) is 17.8 Å². The predicted octanol–water partition coefficient (Wildman–Crippen LogP) is 14.4. The number of ether oxygens (including phenoxy) is 3. The predicted molar refractivity (Wildman–Crippen MR) is 239 cm³/mol. The fraction of sp³-hybridized carbons (Fsp3) is 0.625. The van der Waals surface area contributed by atoms with Crippen molar-refractivity contribution < 1.29 is 14.2 Å². The van der Waals surface area contributed by atoms with Crippen LogP contribution in [0.25, 0.3) is 0 Å². The summed E-state index contributed by atoms with van der Waals surface area (Å²) in [5.74, 6) is 2.71. The minimum atomic E-state index is -1.36. The summed E-state index contributed by atoms with van der Waals surface area (Å²) in [5.41, 5.74) is 2.88. The lowest BCUT2D eigenvalue weighted by atomic mass is 10.0. The summed E-state index contributed by atoms with van der Waals surface area (Å²) in [6.45, 7) is 16.4. The number of rotatable bonds is 32. The monoisotopic (exact) mass is 810 g/mol. The molecule has 3 aromatic carbocycles. The Bertz CT molecular complexity index is 1440. The molecule has 0 spiro atoms. The molecule has 0 bridgehead atoms. The number of para-hydroxylation sites is 3. The van der Waals surface area contributed by atoms with Gasteiger partial charge in [0.05, 0.1) is 39.5 Å². The van der Waals surface area contributed by atoms with Crippen LogP contribution in [0.5, 0.6) is 17.2 Å². The van der Waals surface area contributed by atoms with Crippen LogP contribution in [0.4, 0.5) is 0 Å². The Labute approximate surface area is 354 Å². The van der Waals surface area contributed by atoms with Gasteiger partial charge in [-0.2, -0.15) is 15.3 Å². The number of azo groups is 3. The molecule has 0 aliphatic heterocycles. The van der Waals surface area contributed by atoms with Gasteiger partial charge in [-0.15, -0.1) is 15.3 Å². The van der Waals surface area contributed by atoms with E-state index in [1.54, 1.807) is 0 Å². The van der Waals surface area contributed by atoms with Crippen molar-refractivity contribution in [3.63, 3.8) is 0 Å². The lowest BCUT2D eigenvalue weighted by Gasteiger charge is -2.19. The maximum absolute atomic E-state index is 6.37. The molecule has 0 saturated carbocycles. The minimum absolute atomic E-state index is 0.316. The van der Waals surface area contributed by atoms with Crippen molar-refractivity contribution in [2.75, 3.05) is 19.8 Å². The van der Waals surface area contributed by atoms with Gasteiger partial charge in [0.15, 0.2) is 0 Å². The third-order valence-corrected chi connectivity index (χ3v) is 11.1. The highest BCUT2D eigenvalue weighted by Crippen LogP contribution is 2.29. The smallest absolute Gasteiger partial charge is 0.298 e. The molecule has 10 heteroatoms. The molecule has 3 atom stereocenters. The largest absolute Gasteiger partial charge is 0.493 e. The molecular formula is C48H73N6O3Si. The molecule has 58 heavy (non-hydrogen) atoms. The van der Waals surface area contributed by atoms with E-state index in [1.165, 1.54) is 57.8 Å². The van der Waals surface area contributed by atoms with Crippen molar-refractivity contribution >= 4 is 10.2 Å². The Morgan fingerprint density at radius 1 is 0.483 bits per heavy atom. The Hall–Kier alpha value is -3.92. The molecular weight excluding hydrogens is 737 g/mol. The second kappa shape index (κ2) is 29.3. The second-order valence-corrected chi connectivity index (χ2v) is 16.0. The average molecular weight is 810 g/mol. The Kier molecular flexibility index (Phi) is 24.5. The Morgan fingerprint density at radius 2 is 0.793 bits per heavy atom. The third-order valence-electron chi connectivity index (χ3n) is 10.8. The first-order valence-electron chi connectivity index (χ1n) is 22.4. The number of benzene rings is 3. The number of hydrogen-bond donors (Lipinski definition) is 0. The summed E-state index contributed by atoms with van der Waals surface area (Å²) in [5, 5.41) is 28.5. The van der Waals surface area contributed by atoms with E-state index in [-0.39, 0.29) is 0 Å². The van der Waals surface area contributed by atoms with Gasteiger partial charge in [0.25, 0.3) is 5.79 Å². The average Bonchev–Trinajstić information content (AvgIpc) is 3.25. The number of hydrogen-bond acceptors (Lipinski definition) is 9. The van der Waals surface area contributed by atoms with E-state index in [9.17, 15) is 0 Å². The van der Waals surface area contributed by atoms with Crippen molar-refractivity contribution in [2.45, 2.75) is 156 Å². The number of unbranched alkanes of at least 4 members (excludes halogenated alkanes) is 3. The molecule has 3 radical (unpaired) electrons. The zero-order valence-electron chi connectivity index (χ0n) is 36.7. The van der Waals surface area contributed by atoms with E-state index in [2.05, 4.69) is 51.8 Å². The van der Waals surface area contributed by atoms with Crippen LogP contribution in [-0.2, 0) is 19.6 Å². The lowest BCUT2D eigenvalue weighted by Crippen LogP contribution is -2.20. The van der Waals surface area contributed by atoms with Crippen molar-refractivity contribution in [1.82, 2.24) is 0 Å². The van der Waals surface area contributed by atoms with E-state index >= 15 is 0 Å². The first kappa shape index (κ1) is 48.4. The highest BCUT2D eigenvalue weighted by atomic mass is 28.1.